The number of hydrogen-bond acceptors (Lipinski definition) is 8. The van der Waals surface area contributed by atoms with Gasteiger partial charge in [0.1, 0.15) is 5.82 Å². The molecular weight excluding hydrogens is 621 g/mol. The van der Waals surface area contributed by atoms with Gasteiger partial charge in [-0.25, -0.2) is 14.0 Å². The lowest BCUT2D eigenvalue weighted by molar-refractivity contribution is -0.134. The van der Waals surface area contributed by atoms with E-state index in [1.807, 2.05) is 4.90 Å². The fourth-order valence-corrected chi connectivity index (χ4v) is 5.87. The molecule has 256 valence electrons. The van der Waals surface area contributed by atoms with Crippen LogP contribution in [0.2, 0.25) is 0 Å². The van der Waals surface area contributed by atoms with Gasteiger partial charge in [0.25, 0.3) is 11.8 Å². The molecule has 2 amide bonds. The van der Waals surface area contributed by atoms with E-state index >= 15 is 4.39 Å². The van der Waals surface area contributed by atoms with Crippen LogP contribution in [0.3, 0.4) is 0 Å². The zero-order valence-corrected chi connectivity index (χ0v) is 27.1. The van der Waals surface area contributed by atoms with Crippen molar-refractivity contribution in [1.82, 2.24) is 19.6 Å². The number of fused-ring (bicyclic) bond motifs is 2. The summed E-state index contributed by atoms with van der Waals surface area (Å²) in [5, 5.41) is 20.6. The normalized spacial score (nSPS) is 14.8. The van der Waals surface area contributed by atoms with Crippen LogP contribution in [0.25, 0.3) is 10.9 Å². The average Bonchev–Trinajstić information content (AvgIpc) is 3.59. The van der Waals surface area contributed by atoms with E-state index in [0.717, 1.165) is 19.3 Å². The maximum absolute atomic E-state index is 15.0. The predicted octanol–water partition coefficient (Wildman–Crippen LogP) is 5.09. The average molecular weight is 664 g/mol. The molecule has 1 aromatic heterocycles. The number of carbonyl (C=O) groups is 5. The third-order valence-corrected chi connectivity index (χ3v) is 8.43. The van der Waals surface area contributed by atoms with Crippen LogP contribution in [0.4, 0.5) is 10.2 Å². The van der Waals surface area contributed by atoms with E-state index < -0.39 is 11.9 Å². The van der Waals surface area contributed by atoms with Gasteiger partial charge in [0.2, 0.25) is 5.91 Å². The number of carbonyl (C=O) groups excluding carboxylic acids is 3. The molecule has 0 spiro atoms. The van der Waals surface area contributed by atoms with Crippen molar-refractivity contribution >= 4 is 46.4 Å². The van der Waals surface area contributed by atoms with Crippen LogP contribution in [-0.2, 0) is 9.59 Å². The Labute approximate surface area is 278 Å². The molecule has 3 heterocycles. The van der Waals surface area contributed by atoms with Gasteiger partial charge in [-0.15, -0.1) is 5.10 Å². The fraction of sp³-hybridized carbons (Fsp3) is 0.429. The molecule has 13 heteroatoms. The molecule has 2 aliphatic heterocycles. The van der Waals surface area contributed by atoms with E-state index in [-0.39, 0.29) is 23.5 Å². The second-order valence-corrected chi connectivity index (χ2v) is 11.8. The van der Waals surface area contributed by atoms with E-state index in [4.69, 9.17) is 10.2 Å². The number of hydrogen-bond donors (Lipinski definition) is 2. The SMILES string of the molecule is CCCCCCCCCC(=O)n1nc(N2CCN(CCN3C(=O)c4ccccc4C3=O)CC2)c2c(F)cccc21.O=C(O)C=CC(=O)O. The molecule has 0 atom stereocenters. The van der Waals surface area contributed by atoms with Crippen LogP contribution < -0.4 is 4.90 Å². The minimum atomic E-state index is -1.26. The molecule has 1 fully saturated rings. The summed E-state index contributed by atoms with van der Waals surface area (Å²) in [6, 6.07) is 11.7. The Kier molecular flexibility index (Phi) is 13.0. The lowest BCUT2D eigenvalue weighted by atomic mass is 10.1. The third-order valence-electron chi connectivity index (χ3n) is 8.43. The van der Waals surface area contributed by atoms with Crippen LogP contribution in [0.15, 0.2) is 54.6 Å². The molecule has 12 nitrogen and oxygen atoms in total. The number of anilines is 1. The van der Waals surface area contributed by atoms with Gasteiger partial charge >= 0.3 is 11.9 Å². The van der Waals surface area contributed by atoms with E-state index in [1.54, 1.807) is 36.4 Å². The Morgan fingerprint density at radius 2 is 1.38 bits per heavy atom. The second kappa shape index (κ2) is 17.3. The zero-order chi connectivity index (χ0) is 34.6. The van der Waals surface area contributed by atoms with Crippen LogP contribution >= 0.6 is 0 Å². The maximum Gasteiger partial charge on any atom is 0.328 e. The Hall–Kier alpha value is -4.91. The lowest BCUT2D eigenvalue weighted by Gasteiger charge is -2.35. The summed E-state index contributed by atoms with van der Waals surface area (Å²) in [7, 11) is 0. The van der Waals surface area contributed by atoms with Crippen molar-refractivity contribution in [2.75, 3.05) is 44.2 Å². The molecule has 48 heavy (non-hydrogen) atoms. The Balaban J connectivity index is 0.000000579. The van der Waals surface area contributed by atoms with Crippen LogP contribution in [-0.4, -0.2) is 98.7 Å². The number of halogens is 1. The smallest absolute Gasteiger partial charge is 0.328 e. The highest BCUT2D eigenvalue weighted by atomic mass is 19.1. The van der Waals surface area contributed by atoms with Gasteiger partial charge in [-0.05, 0) is 30.7 Å². The molecule has 0 radical (unpaired) electrons. The number of aromatic nitrogens is 2. The van der Waals surface area contributed by atoms with Gasteiger partial charge in [-0.2, -0.15) is 4.68 Å². The van der Waals surface area contributed by atoms with Crippen LogP contribution in [0.1, 0.15) is 83.8 Å². The fourth-order valence-electron chi connectivity index (χ4n) is 5.87. The highest BCUT2D eigenvalue weighted by molar-refractivity contribution is 6.21. The first-order valence-electron chi connectivity index (χ1n) is 16.4. The van der Waals surface area contributed by atoms with E-state index in [2.05, 4.69) is 16.9 Å². The monoisotopic (exact) mass is 663 g/mol. The van der Waals surface area contributed by atoms with Gasteiger partial charge in [-0.3, -0.25) is 24.2 Å². The summed E-state index contributed by atoms with van der Waals surface area (Å²) < 4.78 is 16.4. The topological polar surface area (TPSA) is 153 Å². The summed E-state index contributed by atoms with van der Waals surface area (Å²) >= 11 is 0. The van der Waals surface area contributed by atoms with Crippen molar-refractivity contribution in [2.45, 2.75) is 58.3 Å². The molecule has 0 bridgehead atoms. The molecular formula is C35H42FN5O7. The third kappa shape index (κ3) is 9.12. The van der Waals surface area contributed by atoms with Gasteiger partial charge in [0, 0.05) is 57.8 Å². The first-order chi connectivity index (χ1) is 23.1. The minimum absolute atomic E-state index is 0.102. The van der Waals surface area contributed by atoms with Crippen molar-refractivity contribution in [3.05, 3.63) is 71.6 Å². The highest BCUT2D eigenvalue weighted by Crippen LogP contribution is 2.30. The molecule has 0 unspecified atom stereocenters. The van der Waals surface area contributed by atoms with Crippen molar-refractivity contribution in [3.8, 4) is 0 Å². The molecule has 2 aliphatic rings. The number of imide groups is 1. The number of unbranched alkanes of at least 4 members (excludes halogenated alkanes) is 6. The number of carboxylic acid groups (broad SMARTS) is 2. The Morgan fingerprint density at radius 3 is 1.96 bits per heavy atom. The molecule has 0 aliphatic carbocycles. The van der Waals surface area contributed by atoms with Crippen molar-refractivity contribution in [1.29, 1.82) is 0 Å². The first-order valence-corrected chi connectivity index (χ1v) is 16.4. The van der Waals surface area contributed by atoms with Crippen molar-refractivity contribution in [2.24, 2.45) is 0 Å². The summed E-state index contributed by atoms with van der Waals surface area (Å²) in [4.78, 5) is 63.1. The quantitative estimate of drug-likeness (QED) is 0.136. The standard InChI is InChI=1S/C31H38FN5O3.C4H4O4/c1-2-3-4-5-6-7-8-16-27(38)37-26-15-11-14-25(32)28(26)29(33-37)35-20-17-34(18-21-35)19-22-36-30(39)23-12-9-10-13-24(23)31(36)40;5-3(6)1-2-4(7)8/h9-15H,2-8,16-22H2,1H3;1-2H,(H,5,6)(H,7,8). The first kappa shape index (κ1) is 35.9. The number of nitrogens with zero attached hydrogens (tertiary/aromatic N) is 5. The van der Waals surface area contributed by atoms with Gasteiger partial charge in [0.05, 0.1) is 22.0 Å². The lowest BCUT2D eigenvalue weighted by Crippen LogP contribution is -2.49. The largest absolute Gasteiger partial charge is 0.478 e. The zero-order valence-electron chi connectivity index (χ0n) is 27.1. The summed E-state index contributed by atoms with van der Waals surface area (Å²) in [5.74, 6) is -2.98. The molecule has 5 rings (SSSR count). The number of benzene rings is 2. The Morgan fingerprint density at radius 1 is 0.792 bits per heavy atom. The number of rotatable bonds is 14. The highest BCUT2D eigenvalue weighted by Gasteiger charge is 2.35. The number of piperazine rings is 1. The predicted molar refractivity (Wildman–Crippen MR) is 178 cm³/mol. The van der Waals surface area contributed by atoms with E-state index in [1.165, 1.54) is 41.3 Å². The Bertz CT molecular complexity index is 1610. The summed E-state index contributed by atoms with van der Waals surface area (Å²) in [6.07, 6.45) is 9.38. The number of aliphatic carboxylic acids is 2. The summed E-state index contributed by atoms with van der Waals surface area (Å²) in [6.45, 7) is 5.66. The van der Waals surface area contributed by atoms with Crippen molar-refractivity contribution < 1.29 is 38.6 Å². The van der Waals surface area contributed by atoms with Gasteiger partial charge in [-0.1, -0.05) is 63.6 Å². The molecule has 2 aromatic carbocycles. The van der Waals surface area contributed by atoms with Crippen LogP contribution in [0, 0.1) is 5.82 Å². The second-order valence-electron chi connectivity index (χ2n) is 11.8. The molecule has 1 saturated heterocycles. The number of amides is 2. The van der Waals surface area contributed by atoms with Crippen LogP contribution in [0.5, 0.6) is 0 Å². The summed E-state index contributed by atoms with van der Waals surface area (Å²) in [5.41, 5.74) is 1.43. The van der Waals surface area contributed by atoms with Crippen molar-refractivity contribution in [3.63, 3.8) is 0 Å². The van der Waals surface area contributed by atoms with E-state index in [9.17, 15) is 24.0 Å². The minimum Gasteiger partial charge on any atom is -0.478 e. The van der Waals surface area contributed by atoms with Gasteiger partial charge in [0.15, 0.2) is 5.82 Å². The molecule has 3 aromatic rings. The molecule has 2 N–H and O–H groups in total. The van der Waals surface area contributed by atoms with E-state index in [0.29, 0.717) is 85.7 Å². The number of carboxylic acids is 2. The maximum atomic E-state index is 15.0. The van der Waals surface area contributed by atoms with Gasteiger partial charge < -0.3 is 15.1 Å². The molecule has 0 saturated carbocycles.